The summed E-state index contributed by atoms with van der Waals surface area (Å²) >= 11 is 3.46. The molecule has 0 amide bonds. The Kier molecular flexibility index (Phi) is 3.62. The lowest BCUT2D eigenvalue weighted by Gasteiger charge is -2.05. The molecule has 0 aliphatic heterocycles. The van der Waals surface area contributed by atoms with Crippen LogP contribution in [0.1, 0.15) is 11.3 Å². The molecule has 0 bridgehead atoms. The van der Waals surface area contributed by atoms with Gasteiger partial charge in [-0.05, 0) is 45.8 Å². The van der Waals surface area contributed by atoms with Crippen LogP contribution in [0.2, 0.25) is 0 Å². The fourth-order valence-corrected chi connectivity index (χ4v) is 2.38. The molecular formula is C13H13BrN6. The van der Waals surface area contributed by atoms with E-state index in [1.807, 2.05) is 24.3 Å². The molecule has 0 saturated heterocycles. The maximum atomic E-state index is 5.63. The van der Waals surface area contributed by atoms with Gasteiger partial charge in [0.25, 0.3) is 0 Å². The van der Waals surface area contributed by atoms with Crippen LogP contribution < -0.4 is 11.1 Å². The van der Waals surface area contributed by atoms with E-state index in [2.05, 4.69) is 36.3 Å². The van der Waals surface area contributed by atoms with Gasteiger partial charge in [0.1, 0.15) is 10.4 Å². The number of nitrogens with one attached hydrogen (secondary N) is 1. The number of hydrogen-bond acceptors (Lipinski definition) is 5. The van der Waals surface area contributed by atoms with E-state index in [1.165, 1.54) is 0 Å². The van der Waals surface area contributed by atoms with Crippen molar-refractivity contribution in [2.24, 2.45) is 5.73 Å². The van der Waals surface area contributed by atoms with Gasteiger partial charge in [-0.25, -0.2) is 9.50 Å². The fraction of sp³-hybridized carbons (Fsp3) is 0.154. The van der Waals surface area contributed by atoms with Crippen molar-refractivity contribution in [1.82, 2.24) is 19.6 Å². The van der Waals surface area contributed by atoms with Gasteiger partial charge in [0.2, 0.25) is 0 Å². The molecule has 0 saturated carbocycles. The zero-order chi connectivity index (χ0) is 13.9. The van der Waals surface area contributed by atoms with E-state index < -0.39 is 0 Å². The van der Waals surface area contributed by atoms with Gasteiger partial charge in [-0.1, -0.05) is 0 Å². The summed E-state index contributed by atoms with van der Waals surface area (Å²) < 4.78 is 2.53. The normalized spacial score (nSPS) is 10.9. The molecule has 3 aromatic rings. The Morgan fingerprint density at radius 3 is 2.75 bits per heavy atom. The monoisotopic (exact) mass is 332 g/mol. The summed E-state index contributed by atoms with van der Waals surface area (Å²) in [7, 11) is 0. The summed E-state index contributed by atoms with van der Waals surface area (Å²) in [5, 5.41) is 7.75. The summed E-state index contributed by atoms with van der Waals surface area (Å²) in [5.41, 5.74) is 8.34. The van der Waals surface area contributed by atoms with Crippen LogP contribution >= 0.6 is 15.9 Å². The molecular weight excluding hydrogens is 320 g/mol. The number of nitrogens with two attached hydrogens (primary N) is 1. The maximum Gasteiger partial charge on any atom is 0.155 e. The van der Waals surface area contributed by atoms with Gasteiger partial charge in [0.05, 0.1) is 5.69 Å². The molecule has 3 rings (SSSR count). The predicted molar refractivity (Wildman–Crippen MR) is 80.1 cm³/mol. The first kappa shape index (κ1) is 13.0. The average Bonchev–Trinajstić information content (AvgIpc) is 2.82. The lowest BCUT2D eigenvalue weighted by atomic mass is 10.3. The second kappa shape index (κ2) is 5.56. The van der Waals surface area contributed by atoms with Crippen molar-refractivity contribution in [3.05, 3.63) is 52.5 Å². The van der Waals surface area contributed by atoms with E-state index in [1.54, 1.807) is 16.9 Å². The zero-order valence-electron chi connectivity index (χ0n) is 10.6. The Balaban J connectivity index is 1.84. The summed E-state index contributed by atoms with van der Waals surface area (Å²) in [6.07, 6.45) is 3.54. The van der Waals surface area contributed by atoms with Crippen LogP contribution in [0.3, 0.4) is 0 Å². The summed E-state index contributed by atoms with van der Waals surface area (Å²) in [4.78, 5) is 8.37. The molecule has 0 radical (unpaired) electrons. The third-order valence-electron chi connectivity index (χ3n) is 2.90. The predicted octanol–water partition coefficient (Wildman–Crippen LogP) is 1.96. The van der Waals surface area contributed by atoms with Gasteiger partial charge < -0.3 is 11.1 Å². The van der Waals surface area contributed by atoms with E-state index in [0.29, 0.717) is 13.1 Å². The van der Waals surface area contributed by atoms with Gasteiger partial charge in [-0.15, -0.1) is 5.10 Å². The van der Waals surface area contributed by atoms with E-state index in [4.69, 9.17) is 5.73 Å². The number of aromatic nitrogens is 4. The molecule has 0 aliphatic rings. The van der Waals surface area contributed by atoms with Crippen LogP contribution in [-0.2, 0) is 13.1 Å². The summed E-state index contributed by atoms with van der Waals surface area (Å²) in [5.74, 6) is 0.774. The van der Waals surface area contributed by atoms with Gasteiger partial charge >= 0.3 is 0 Å². The summed E-state index contributed by atoms with van der Waals surface area (Å²) in [6.45, 7) is 1.07. The third-order valence-corrected chi connectivity index (χ3v) is 3.70. The third kappa shape index (κ3) is 2.50. The van der Waals surface area contributed by atoms with Crippen LogP contribution in [0, 0.1) is 0 Å². The first-order valence-corrected chi connectivity index (χ1v) is 6.94. The molecule has 3 aromatic heterocycles. The Bertz CT molecular complexity index is 724. The van der Waals surface area contributed by atoms with E-state index in [0.717, 1.165) is 27.3 Å². The molecule has 0 unspecified atom stereocenters. The topological polar surface area (TPSA) is 81.1 Å². The van der Waals surface area contributed by atoms with E-state index in [-0.39, 0.29) is 0 Å². The van der Waals surface area contributed by atoms with Crippen LogP contribution in [0.4, 0.5) is 5.82 Å². The summed E-state index contributed by atoms with van der Waals surface area (Å²) in [6, 6.07) is 7.73. The molecule has 0 aliphatic carbocycles. The number of imidazole rings is 1. The first-order chi connectivity index (χ1) is 9.78. The molecule has 6 nitrogen and oxygen atoms in total. The standard InChI is InChI=1S/C13H13BrN6/c14-13-10(7-15)18-12-2-1-11(19-20(12)13)17-8-9-3-5-16-6-4-9/h1-6H,7-8,15H2,(H,17,19). The van der Waals surface area contributed by atoms with Crippen molar-refractivity contribution in [2.45, 2.75) is 13.1 Å². The second-order valence-corrected chi connectivity index (χ2v) is 5.00. The van der Waals surface area contributed by atoms with Crippen molar-refractivity contribution >= 4 is 27.4 Å². The number of nitrogens with zero attached hydrogens (tertiary/aromatic N) is 4. The van der Waals surface area contributed by atoms with Crippen LogP contribution in [-0.4, -0.2) is 19.6 Å². The highest BCUT2D eigenvalue weighted by atomic mass is 79.9. The van der Waals surface area contributed by atoms with Gasteiger partial charge in [-0.2, -0.15) is 0 Å². The van der Waals surface area contributed by atoms with E-state index in [9.17, 15) is 0 Å². The molecule has 0 spiro atoms. The number of rotatable bonds is 4. The van der Waals surface area contributed by atoms with Crippen molar-refractivity contribution in [3.8, 4) is 0 Å². The Labute approximate surface area is 124 Å². The number of halogens is 1. The zero-order valence-corrected chi connectivity index (χ0v) is 12.2. The van der Waals surface area contributed by atoms with Gasteiger partial charge in [0, 0.05) is 25.5 Å². The van der Waals surface area contributed by atoms with Crippen molar-refractivity contribution in [1.29, 1.82) is 0 Å². The smallest absolute Gasteiger partial charge is 0.155 e. The van der Waals surface area contributed by atoms with E-state index >= 15 is 0 Å². The van der Waals surface area contributed by atoms with Gasteiger partial charge in [0.15, 0.2) is 5.65 Å². The minimum absolute atomic E-state index is 0.379. The number of fused-ring (bicyclic) bond motifs is 1. The average molecular weight is 333 g/mol. The Hall–Kier alpha value is -1.99. The molecule has 102 valence electrons. The lowest BCUT2D eigenvalue weighted by Crippen LogP contribution is -2.04. The molecule has 0 aromatic carbocycles. The van der Waals surface area contributed by atoms with Gasteiger partial charge in [-0.3, -0.25) is 4.98 Å². The van der Waals surface area contributed by atoms with Crippen molar-refractivity contribution in [2.75, 3.05) is 5.32 Å². The molecule has 3 heterocycles. The van der Waals surface area contributed by atoms with Crippen LogP contribution in [0.5, 0.6) is 0 Å². The first-order valence-electron chi connectivity index (χ1n) is 6.15. The highest BCUT2D eigenvalue weighted by Crippen LogP contribution is 2.18. The number of pyridine rings is 1. The SMILES string of the molecule is NCc1nc2ccc(NCc3ccncc3)nn2c1Br. The molecule has 0 fully saturated rings. The van der Waals surface area contributed by atoms with Crippen molar-refractivity contribution in [3.63, 3.8) is 0 Å². The maximum absolute atomic E-state index is 5.63. The Morgan fingerprint density at radius 1 is 1.20 bits per heavy atom. The fourth-order valence-electron chi connectivity index (χ4n) is 1.87. The minimum atomic E-state index is 0.379. The quantitative estimate of drug-likeness (QED) is 0.763. The largest absolute Gasteiger partial charge is 0.365 e. The molecule has 0 atom stereocenters. The van der Waals surface area contributed by atoms with Crippen LogP contribution in [0.15, 0.2) is 41.3 Å². The molecule has 20 heavy (non-hydrogen) atoms. The highest BCUT2D eigenvalue weighted by Gasteiger charge is 2.09. The number of anilines is 1. The Morgan fingerprint density at radius 2 is 2.00 bits per heavy atom. The van der Waals surface area contributed by atoms with Crippen LogP contribution in [0.25, 0.3) is 5.65 Å². The van der Waals surface area contributed by atoms with Crippen molar-refractivity contribution < 1.29 is 0 Å². The minimum Gasteiger partial charge on any atom is -0.365 e. The second-order valence-electron chi connectivity index (χ2n) is 4.25. The molecule has 7 heteroatoms. The molecule has 3 N–H and O–H groups in total. The lowest BCUT2D eigenvalue weighted by molar-refractivity contribution is 0.897. The highest BCUT2D eigenvalue weighted by molar-refractivity contribution is 9.10. The number of hydrogen-bond donors (Lipinski definition) is 2.